The number of rotatable bonds is 12. The molecule has 32 heavy (non-hydrogen) atoms. The van der Waals surface area contributed by atoms with Crippen LogP contribution in [0, 0.1) is 5.92 Å². The monoisotopic (exact) mass is 450 g/mol. The van der Waals surface area contributed by atoms with Gasteiger partial charge >= 0.3 is 11.9 Å². The molecule has 4 atom stereocenters. The molecule has 0 bridgehead atoms. The first kappa shape index (κ1) is 26.6. The van der Waals surface area contributed by atoms with Crippen molar-refractivity contribution in [1.29, 1.82) is 0 Å². The van der Waals surface area contributed by atoms with E-state index in [9.17, 15) is 24.0 Å². The molecule has 3 amide bonds. The summed E-state index contributed by atoms with van der Waals surface area (Å²) in [6, 6.07) is 4.04. The van der Waals surface area contributed by atoms with Crippen LogP contribution in [0.2, 0.25) is 0 Å². The molecule has 11 nitrogen and oxygen atoms in total. The third-order valence-electron chi connectivity index (χ3n) is 4.62. The van der Waals surface area contributed by atoms with Gasteiger partial charge in [-0.15, -0.1) is 0 Å². The van der Waals surface area contributed by atoms with Crippen LogP contribution in [0.1, 0.15) is 32.8 Å². The fourth-order valence-corrected chi connectivity index (χ4v) is 2.77. The molecule has 176 valence electrons. The highest BCUT2D eigenvalue weighted by Crippen LogP contribution is 2.08. The van der Waals surface area contributed by atoms with Crippen molar-refractivity contribution in [2.24, 2.45) is 11.7 Å². The summed E-state index contributed by atoms with van der Waals surface area (Å²) in [4.78, 5) is 59.7. The van der Waals surface area contributed by atoms with E-state index in [0.29, 0.717) is 5.56 Å². The van der Waals surface area contributed by atoms with Crippen molar-refractivity contribution in [3.05, 3.63) is 35.9 Å². The van der Waals surface area contributed by atoms with Gasteiger partial charge in [0.1, 0.15) is 18.1 Å². The highest BCUT2D eigenvalue weighted by atomic mass is 16.4. The summed E-state index contributed by atoms with van der Waals surface area (Å²) in [5.74, 6) is -5.08. The molecule has 0 heterocycles. The standard InChI is InChI=1S/C21H30N4O7/c1-11(2)17(20(30)23-12(3)21(31)32)25-19(29)15(9-13-7-5-4-6-8-13)24-18(28)14(22)10-16(26)27/h4-8,11-12,14-15,17H,9-10,22H2,1-3H3,(H,23,30)(H,24,28)(H,25,29)(H,26,27)(H,31,32). The van der Waals surface area contributed by atoms with Gasteiger partial charge in [-0.2, -0.15) is 0 Å². The molecule has 0 saturated heterocycles. The van der Waals surface area contributed by atoms with E-state index in [4.69, 9.17) is 15.9 Å². The largest absolute Gasteiger partial charge is 0.481 e. The predicted octanol–water partition coefficient (Wildman–Crippen LogP) is -0.754. The zero-order valence-electron chi connectivity index (χ0n) is 18.2. The molecule has 0 fully saturated rings. The minimum Gasteiger partial charge on any atom is -0.481 e. The third kappa shape index (κ3) is 8.72. The SMILES string of the molecule is CC(NC(=O)C(NC(=O)C(Cc1ccccc1)NC(=O)C(N)CC(=O)O)C(C)C)C(=O)O. The van der Waals surface area contributed by atoms with Gasteiger partial charge in [0.25, 0.3) is 0 Å². The van der Waals surface area contributed by atoms with Crippen LogP contribution in [-0.2, 0) is 30.4 Å². The lowest BCUT2D eigenvalue weighted by Gasteiger charge is -2.26. The summed E-state index contributed by atoms with van der Waals surface area (Å²) >= 11 is 0. The Hall–Kier alpha value is -3.47. The Bertz CT molecular complexity index is 829. The lowest BCUT2D eigenvalue weighted by Crippen LogP contribution is -2.58. The number of carboxylic acid groups (broad SMARTS) is 2. The lowest BCUT2D eigenvalue weighted by atomic mass is 10.0. The number of aliphatic carboxylic acids is 2. The van der Waals surface area contributed by atoms with E-state index in [2.05, 4.69) is 16.0 Å². The molecule has 7 N–H and O–H groups in total. The summed E-state index contributed by atoms with van der Waals surface area (Å²) in [6.07, 6.45) is -0.550. The van der Waals surface area contributed by atoms with E-state index >= 15 is 0 Å². The van der Waals surface area contributed by atoms with Crippen LogP contribution in [0.25, 0.3) is 0 Å². The van der Waals surface area contributed by atoms with Crippen LogP contribution in [0.5, 0.6) is 0 Å². The predicted molar refractivity (Wildman–Crippen MR) is 114 cm³/mol. The van der Waals surface area contributed by atoms with Crippen LogP contribution in [0.15, 0.2) is 30.3 Å². The normalized spacial score (nSPS) is 14.5. The summed E-state index contributed by atoms with van der Waals surface area (Å²) in [5, 5.41) is 25.1. The average molecular weight is 450 g/mol. The van der Waals surface area contributed by atoms with Crippen LogP contribution >= 0.6 is 0 Å². The summed E-state index contributed by atoms with van der Waals surface area (Å²) in [6.45, 7) is 4.63. The molecule has 0 aliphatic rings. The van der Waals surface area contributed by atoms with Gasteiger partial charge in [0.05, 0.1) is 12.5 Å². The van der Waals surface area contributed by atoms with Crippen molar-refractivity contribution in [1.82, 2.24) is 16.0 Å². The molecule has 4 unspecified atom stereocenters. The number of carbonyl (C=O) groups is 5. The Balaban J connectivity index is 3.03. The van der Waals surface area contributed by atoms with Crippen molar-refractivity contribution >= 4 is 29.7 Å². The Morgan fingerprint density at radius 2 is 1.47 bits per heavy atom. The molecular formula is C21H30N4O7. The lowest BCUT2D eigenvalue weighted by molar-refractivity contribution is -0.142. The highest BCUT2D eigenvalue weighted by Gasteiger charge is 2.31. The van der Waals surface area contributed by atoms with Crippen LogP contribution in [0.4, 0.5) is 0 Å². The maximum atomic E-state index is 13.0. The maximum Gasteiger partial charge on any atom is 0.325 e. The second-order valence-electron chi connectivity index (χ2n) is 7.75. The van der Waals surface area contributed by atoms with E-state index in [0.717, 1.165) is 0 Å². The summed E-state index contributed by atoms with van der Waals surface area (Å²) < 4.78 is 0. The minimum absolute atomic E-state index is 0.0656. The van der Waals surface area contributed by atoms with Crippen molar-refractivity contribution in [2.45, 2.75) is 57.8 Å². The molecule has 1 aromatic rings. The quantitative estimate of drug-likeness (QED) is 0.240. The number of amides is 3. The number of hydrogen-bond acceptors (Lipinski definition) is 6. The molecule has 0 radical (unpaired) electrons. The van der Waals surface area contributed by atoms with E-state index in [1.807, 2.05) is 0 Å². The zero-order chi connectivity index (χ0) is 24.4. The molecule has 1 rings (SSSR count). The van der Waals surface area contributed by atoms with Crippen LogP contribution in [0.3, 0.4) is 0 Å². The summed E-state index contributed by atoms with van der Waals surface area (Å²) in [5.41, 5.74) is 6.31. The van der Waals surface area contributed by atoms with Gasteiger partial charge in [0.15, 0.2) is 0 Å². The molecule has 1 aromatic carbocycles. The maximum absolute atomic E-state index is 13.0. The molecule has 0 spiro atoms. The van der Waals surface area contributed by atoms with Crippen LogP contribution in [-0.4, -0.2) is 64.0 Å². The fraction of sp³-hybridized carbons (Fsp3) is 0.476. The first-order valence-electron chi connectivity index (χ1n) is 10.1. The molecule has 11 heteroatoms. The van der Waals surface area contributed by atoms with Gasteiger partial charge in [0.2, 0.25) is 17.7 Å². The van der Waals surface area contributed by atoms with Crippen molar-refractivity contribution in [2.75, 3.05) is 0 Å². The van der Waals surface area contributed by atoms with Crippen LogP contribution < -0.4 is 21.7 Å². The van der Waals surface area contributed by atoms with Gasteiger partial charge < -0.3 is 31.9 Å². The van der Waals surface area contributed by atoms with E-state index in [1.165, 1.54) is 6.92 Å². The smallest absolute Gasteiger partial charge is 0.325 e. The first-order valence-corrected chi connectivity index (χ1v) is 10.1. The van der Waals surface area contributed by atoms with E-state index in [1.54, 1.807) is 44.2 Å². The Labute approximate surface area is 185 Å². The molecule has 0 saturated carbocycles. The van der Waals surface area contributed by atoms with Crippen molar-refractivity contribution in [3.8, 4) is 0 Å². The number of carboxylic acids is 2. The Morgan fingerprint density at radius 3 is 1.97 bits per heavy atom. The zero-order valence-corrected chi connectivity index (χ0v) is 18.2. The van der Waals surface area contributed by atoms with Gasteiger partial charge in [-0.1, -0.05) is 44.2 Å². The number of hydrogen-bond donors (Lipinski definition) is 6. The molecular weight excluding hydrogens is 420 g/mol. The first-order chi connectivity index (χ1) is 14.9. The second-order valence-corrected chi connectivity index (χ2v) is 7.75. The van der Waals surface area contributed by atoms with Gasteiger partial charge in [-0.25, -0.2) is 0 Å². The number of nitrogens with two attached hydrogens (primary N) is 1. The molecule has 0 aliphatic carbocycles. The van der Waals surface area contributed by atoms with Crippen molar-refractivity contribution < 1.29 is 34.2 Å². The third-order valence-corrected chi connectivity index (χ3v) is 4.62. The Kier molecular flexibility index (Phi) is 10.3. The van der Waals surface area contributed by atoms with Crippen molar-refractivity contribution in [3.63, 3.8) is 0 Å². The topological polar surface area (TPSA) is 188 Å². The van der Waals surface area contributed by atoms with Gasteiger partial charge in [0, 0.05) is 6.42 Å². The van der Waals surface area contributed by atoms with Gasteiger partial charge in [-0.05, 0) is 18.4 Å². The highest BCUT2D eigenvalue weighted by molar-refractivity contribution is 5.94. The minimum atomic E-state index is -1.36. The molecule has 0 aliphatic heterocycles. The number of benzene rings is 1. The molecule has 0 aromatic heterocycles. The number of carbonyl (C=O) groups excluding carboxylic acids is 3. The average Bonchev–Trinajstić information content (AvgIpc) is 2.70. The van der Waals surface area contributed by atoms with Gasteiger partial charge in [-0.3, -0.25) is 24.0 Å². The fourth-order valence-electron chi connectivity index (χ4n) is 2.77. The van der Waals surface area contributed by atoms with E-state index < -0.39 is 60.2 Å². The number of nitrogens with one attached hydrogen (secondary N) is 3. The Morgan fingerprint density at radius 1 is 0.875 bits per heavy atom. The summed E-state index contributed by atoms with van der Waals surface area (Å²) in [7, 11) is 0. The van der Waals surface area contributed by atoms with E-state index in [-0.39, 0.29) is 12.3 Å². The second kappa shape index (κ2) is 12.4.